The van der Waals surface area contributed by atoms with Gasteiger partial charge in [-0.2, -0.15) is 0 Å². The van der Waals surface area contributed by atoms with Gasteiger partial charge in [-0.25, -0.2) is 0 Å². The Morgan fingerprint density at radius 1 is 0.971 bits per heavy atom. The Hall–Kier alpha value is -2.69. The van der Waals surface area contributed by atoms with E-state index in [2.05, 4.69) is 10.2 Å². The molecule has 1 fully saturated rings. The number of likely N-dealkylation sites (tertiary alicyclic amines) is 1. The maximum Gasteiger partial charge on any atom is 0.217 e. The molecular formula is C25H35N3O6. The molecule has 9 heteroatoms. The molecule has 0 aliphatic carbocycles. The highest BCUT2D eigenvalue weighted by Crippen LogP contribution is 2.22. The third-order valence-corrected chi connectivity index (χ3v) is 6.14. The summed E-state index contributed by atoms with van der Waals surface area (Å²) in [7, 11) is 3.25. The lowest BCUT2D eigenvalue weighted by molar-refractivity contribution is -0.132. The first-order valence-electron chi connectivity index (χ1n) is 11.3. The number of aliphatic hydroxyl groups excluding tert-OH is 3. The third-order valence-electron chi connectivity index (χ3n) is 6.14. The summed E-state index contributed by atoms with van der Waals surface area (Å²) in [5.74, 6) is 1.26. The largest absolute Gasteiger partial charge is 0.497 e. The van der Waals surface area contributed by atoms with E-state index in [-0.39, 0.29) is 12.5 Å². The van der Waals surface area contributed by atoms with Crippen molar-refractivity contribution in [1.29, 1.82) is 0 Å². The second-order valence-electron chi connectivity index (χ2n) is 8.63. The monoisotopic (exact) mass is 473 g/mol. The molecule has 0 aromatic heterocycles. The fraction of sp³-hybridized carbons (Fsp3) is 0.480. The summed E-state index contributed by atoms with van der Waals surface area (Å²) in [6.45, 7) is 2.97. The van der Waals surface area contributed by atoms with E-state index in [1.165, 1.54) is 6.92 Å². The number of piperidine rings is 1. The van der Waals surface area contributed by atoms with Crippen LogP contribution in [0, 0.1) is 0 Å². The van der Waals surface area contributed by atoms with E-state index < -0.39 is 24.3 Å². The number of ether oxygens (including phenoxy) is 2. The van der Waals surface area contributed by atoms with E-state index in [0.29, 0.717) is 26.3 Å². The van der Waals surface area contributed by atoms with Crippen LogP contribution in [0.1, 0.15) is 18.1 Å². The fourth-order valence-corrected chi connectivity index (χ4v) is 4.35. The molecule has 4 atom stereocenters. The van der Waals surface area contributed by atoms with E-state index in [1.54, 1.807) is 14.2 Å². The minimum atomic E-state index is -1.19. The van der Waals surface area contributed by atoms with Crippen LogP contribution in [0.3, 0.4) is 0 Å². The third kappa shape index (κ3) is 6.68. The first-order chi connectivity index (χ1) is 16.3. The maximum atomic E-state index is 11.6. The molecule has 1 aliphatic rings. The molecule has 0 spiro atoms. The van der Waals surface area contributed by atoms with Gasteiger partial charge in [-0.15, -0.1) is 0 Å². The van der Waals surface area contributed by atoms with Crippen molar-refractivity contribution in [3.8, 4) is 11.5 Å². The molecule has 1 heterocycles. The molecule has 1 saturated heterocycles. The van der Waals surface area contributed by atoms with Crippen molar-refractivity contribution < 1.29 is 29.6 Å². The van der Waals surface area contributed by atoms with Gasteiger partial charge in [-0.3, -0.25) is 14.6 Å². The predicted octanol–water partition coefficient (Wildman–Crippen LogP) is 0.567. The highest BCUT2D eigenvalue weighted by Gasteiger charge is 2.42. The van der Waals surface area contributed by atoms with Crippen molar-refractivity contribution in [2.75, 3.05) is 34.0 Å². The lowest BCUT2D eigenvalue weighted by atomic mass is 9.92. The van der Waals surface area contributed by atoms with E-state index in [9.17, 15) is 20.1 Å². The predicted molar refractivity (Wildman–Crippen MR) is 127 cm³/mol. The van der Waals surface area contributed by atoms with Crippen molar-refractivity contribution >= 4 is 5.91 Å². The molecule has 3 rings (SSSR count). The van der Waals surface area contributed by atoms with Crippen LogP contribution < -0.4 is 14.8 Å². The summed E-state index contributed by atoms with van der Waals surface area (Å²) in [6.07, 6.45) is -2.35. The van der Waals surface area contributed by atoms with E-state index >= 15 is 0 Å². The van der Waals surface area contributed by atoms with Gasteiger partial charge < -0.3 is 30.1 Å². The van der Waals surface area contributed by atoms with E-state index in [1.807, 2.05) is 53.4 Å². The number of carbonyl (C=O) groups excluding carboxylic acids is 1. The SMILES string of the molecule is COc1ccc(CN(Cc2ccc(OC)cc2)CN2CC(NC(C)=O)[C@@H](O)[C@@H](O)C2CO)cc1. The summed E-state index contributed by atoms with van der Waals surface area (Å²) >= 11 is 0. The second kappa shape index (κ2) is 12.1. The number of methoxy groups -OCH3 is 2. The minimum absolute atomic E-state index is 0.285. The molecule has 0 saturated carbocycles. The van der Waals surface area contributed by atoms with Gasteiger partial charge in [0.25, 0.3) is 0 Å². The summed E-state index contributed by atoms with van der Waals surface area (Å²) in [6, 6.07) is 14.3. The molecule has 34 heavy (non-hydrogen) atoms. The molecule has 9 nitrogen and oxygen atoms in total. The first-order valence-corrected chi connectivity index (χ1v) is 11.3. The fourth-order valence-electron chi connectivity index (χ4n) is 4.35. The topological polar surface area (TPSA) is 115 Å². The molecule has 2 unspecified atom stereocenters. The normalized spacial score (nSPS) is 23.0. The van der Waals surface area contributed by atoms with E-state index in [0.717, 1.165) is 22.6 Å². The second-order valence-corrected chi connectivity index (χ2v) is 8.63. The summed E-state index contributed by atoms with van der Waals surface area (Å²) in [4.78, 5) is 15.7. The molecule has 1 amide bonds. The smallest absolute Gasteiger partial charge is 0.217 e. The summed E-state index contributed by atoms with van der Waals surface area (Å²) in [5, 5.41) is 33.8. The van der Waals surface area contributed by atoms with Gasteiger partial charge in [0.2, 0.25) is 5.91 Å². The number of nitrogens with zero attached hydrogens (tertiary/aromatic N) is 2. The van der Waals surface area contributed by atoms with Crippen molar-refractivity contribution in [2.24, 2.45) is 0 Å². The Morgan fingerprint density at radius 2 is 1.47 bits per heavy atom. The Morgan fingerprint density at radius 3 is 1.88 bits per heavy atom. The quantitative estimate of drug-likeness (QED) is 0.396. The summed E-state index contributed by atoms with van der Waals surface area (Å²) < 4.78 is 10.5. The number of rotatable bonds is 10. The number of hydrogen-bond acceptors (Lipinski definition) is 8. The van der Waals surface area contributed by atoms with Gasteiger partial charge in [0.1, 0.15) is 17.6 Å². The van der Waals surface area contributed by atoms with Gasteiger partial charge in [-0.05, 0) is 35.4 Å². The molecule has 2 aromatic rings. The minimum Gasteiger partial charge on any atom is -0.497 e. The van der Waals surface area contributed by atoms with Crippen LogP contribution in [0.4, 0.5) is 0 Å². The van der Waals surface area contributed by atoms with Crippen LogP contribution in [0.15, 0.2) is 48.5 Å². The molecule has 1 aliphatic heterocycles. The Bertz CT molecular complexity index is 858. The molecular weight excluding hydrogens is 438 g/mol. The first kappa shape index (κ1) is 25.9. The zero-order valence-electron chi connectivity index (χ0n) is 19.9. The molecule has 4 N–H and O–H groups in total. The molecule has 0 radical (unpaired) electrons. The van der Waals surface area contributed by atoms with Crippen LogP contribution in [0.2, 0.25) is 0 Å². The van der Waals surface area contributed by atoms with Crippen LogP contribution in [-0.4, -0.2) is 89.4 Å². The van der Waals surface area contributed by atoms with Crippen LogP contribution in [0.5, 0.6) is 11.5 Å². The zero-order valence-corrected chi connectivity index (χ0v) is 19.9. The highest BCUT2D eigenvalue weighted by atomic mass is 16.5. The Labute approximate surface area is 200 Å². The molecule has 186 valence electrons. The molecule has 0 bridgehead atoms. The number of amides is 1. The average Bonchev–Trinajstić information content (AvgIpc) is 2.83. The van der Waals surface area contributed by atoms with E-state index in [4.69, 9.17) is 9.47 Å². The number of hydrogen-bond donors (Lipinski definition) is 4. The lowest BCUT2D eigenvalue weighted by Crippen LogP contribution is -2.67. The van der Waals surface area contributed by atoms with Crippen LogP contribution in [0.25, 0.3) is 0 Å². The molecule has 2 aromatic carbocycles. The standard InChI is InChI=1S/C25H35N3O6/c1-17(30)26-22-14-28(23(15-29)25(32)24(22)31)16-27(12-18-4-8-20(33-2)9-5-18)13-19-6-10-21(34-3)11-7-19/h4-11,22-25,29,31-32H,12-16H2,1-3H3,(H,26,30)/t22?,23?,24-,25+/m1/s1. The van der Waals surface area contributed by atoms with Gasteiger partial charge >= 0.3 is 0 Å². The van der Waals surface area contributed by atoms with Gasteiger partial charge in [0, 0.05) is 26.6 Å². The number of carbonyl (C=O) groups is 1. The number of benzene rings is 2. The van der Waals surface area contributed by atoms with Crippen molar-refractivity contribution in [1.82, 2.24) is 15.1 Å². The number of aliphatic hydroxyl groups is 3. The summed E-state index contributed by atoms with van der Waals surface area (Å²) in [5.41, 5.74) is 2.15. The maximum absolute atomic E-state index is 11.6. The average molecular weight is 474 g/mol. The van der Waals surface area contributed by atoms with Crippen molar-refractivity contribution in [3.63, 3.8) is 0 Å². The lowest BCUT2D eigenvalue weighted by Gasteiger charge is -2.46. The zero-order chi connectivity index (χ0) is 24.7. The van der Waals surface area contributed by atoms with Crippen molar-refractivity contribution in [3.05, 3.63) is 59.7 Å². The number of nitrogens with one attached hydrogen (secondary N) is 1. The van der Waals surface area contributed by atoms with Crippen LogP contribution in [-0.2, 0) is 17.9 Å². The highest BCUT2D eigenvalue weighted by molar-refractivity contribution is 5.73. The van der Waals surface area contributed by atoms with Gasteiger partial charge in [-0.1, -0.05) is 24.3 Å². The van der Waals surface area contributed by atoms with Gasteiger partial charge in [0.15, 0.2) is 0 Å². The van der Waals surface area contributed by atoms with Crippen LogP contribution >= 0.6 is 0 Å². The Balaban J connectivity index is 1.82. The Kier molecular flexibility index (Phi) is 9.26. The van der Waals surface area contributed by atoms with Crippen molar-refractivity contribution in [2.45, 2.75) is 44.3 Å². The van der Waals surface area contributed by atoms with Gasteiger partial charge in [0.05, 0.1) is 45.7 Å².